The summed E-state index contributed by atoms with van der Waals surface area (Å²) in [5.74, 6) is 0.901. The van der Waals surface area contributed by atoms with Gasteiger partial charge in [0.25, 0.3) is 0 Å². The molecule has 1 aromatic carbocycles. The lowest BCUT2D eigenvalue weighted by Crippen LogP contribution is -2.03. The number of hydrogen-bond donors (Lipinski definition) is 1. The molecule has 0 bridgehead atoms. The molecule has 112 valence electrons. The number of aliphatic hydroxyl groups excluding tert-OH is 1. The predicted octanol–water partition coefficient (Wildman–Crippen LogP) is 3.67. The maximum absolute atomic E-state index is 10.9. The molecule has 1 N–H and O–H groups in total. The molecule has 0 aliphatic carbocycles. The van der Waals surface area contributed by atoms with Gasteiger partial charge in [-0.3, -0.25) is 0 Å². The number of rotatable bonds is 9. The third-order valence-electron chi connectivity index (χ3n) is 2.78. The first kappa shape index (κ1) is 17.1. The first-order valence-corrected chi connectivity index (χ1v) is 7.15. The first-order chi connectivity index (χ1) is 9.67. The van der Waals surface area contributed by atoms with Crippen molar-refractivity contribution in [3.63, 3.8) is 0 Å². The first-order valence-electron chi connectivity index (χ1n) is 6.27. The third kappa shape index (κ3) is 4.57. The molecular formula is C13H18INO5. The lowest BCUT2D eigenvalue weighted by molar-refractivity contribution is 0.173. The van der Waals surface area contributed by atoms with Crippen LogP contribution in [-0.2, 0) is 3.07 Å². The molecule has 1 atom stereocenters. The molecular weight excluding hydrogens is 377 g/mol. The monoisotopic (exact) mass is 395 g/mol. The minimum absolute atomic E-state index is 0.167. The van der Waals surface area contributed by atoms with Gasteiger partial charge in [0.1, 0.15) is 28.7 Å². The van der Waals surface area contributed by atoms with Crippen LogP contribution in [0.25, 0.3) is 0 Å². The van der Waals surface area contributed by atoms with Crippen molar-refractivity contribution in [2.24, 2.45) is 5.18 Å². The van der Waals surface area contributed by atoms with Crippen molar-refractivity contribution >= 4 is 28.7 Å². The molecule has 0 aliphatic rings. The number of halogens is 1. The Labute approximate surface area is 132 Å². The quantitative estimate of drug-likeness (QED) is 0.392. The van der Waals surface area contributed by atoms with Crippen LogP contribution in [0, 0.1) is 4.91 Å². The molecule has 20 heavy (non-hydrogen) atoms. The Balaban J connectivity index is 2.97. The van der Waals surface area contributed by atoms with Crippen LogP contribution in [0.1, 0.15) is 31.4 Å². The van der Waals surface area contributed by atoms with Crippen LogP contribution in [0.15, 0.2) is 17.3 Å². The number of aliphatic hydroxyl groups is 1. The second-order valence-corrected chi connectivity index (χ2v) is 4.72. The summed E-state index contributed by atoms with van der Waals surface area (Å²) >= 11 is 1.82. The number of benzene rings is 1. The summed E-state index contributed by atoms with van der Waals surface area (Å²) in [4.78, 5) is 10.9. The average molecular weight is 395 g/mol. The summed E-state index contributed by atoms with van der Waals surface area (Å²) in [6.45, 7) is 2.84. The smallest absolute Gasteiger partial charge is 0.163 e. The van der Waals surface area contributed by atoms with Gasteiger partial charge in [0, 0.05) is 18.1 Å². The summed E-state index contributed by atoms with van der Waals surface area (Å²) in [7, 11) is 1.51. The van der Waals surface area contributed by atoms with E-state index in [1.54, 1.807) is 6.07 Å². The van der Waals surface area contributed by atoms with E-state index in [-0.39, 0.29) is 5.69 Å². The summed E-state index contributed by atoms with van der Waals surface area (Å²) in [6.07, 6.45) is 0.451. The summed E-state index contributed by atoms with van der Waals surface area (Å²) in [5, 5.41) is 12.8. The van der Waals surface area contributed by atoms with Crippen molar-refractivity contribution in [2.75, 3.05) is 20.3 Å². The van der Waals surface area contributed by atoms with Gasteiger partial charge in [-0.1, -0.05) is 6.92 Å². The Bertz CT molecular complexity index is 441. The van der Waals surface area contributed by atoms with E-state index >= 15 is 0 Å². The second kappa shape index (κ2) is 9.09. The molecule has 0 saturated carbocycles. The van der Waals surface area contributed by atoms with Crippen molar-refractivity contribution in [1.29, 1.82) is 0 Å². The molecule has 1 aromatic rings. The van der Waals surface area contributed by atoms with Crippen molar-refractivity contribution in [3.05, 3.63) is 22.6 Å². The normalized spacial score (nSPS) is 12.0. The Kier molecular flexibility index (Phi) is 7.78. The molecule has 0 spiro atoms. The Hall–Kier alpha value is -0.930. The fourth-order valence-electron chi connectivity index (χ4n) is 1.70. The van der Waals surface area contributed by atoms with Crippen LogP contribution >= 0.6 is 23.0 Å². The zero-order valence-corrected chi connectivity index (χ0v) is 13.6. The maximum atomic E-state index is 10.9. The van der Waals surface area contributed by atoms with Gasteiger partial charge in [-0.05, 0) is 17.7 Å². The number of hydrogen-bond acceptors (Lipinski definition) is 6. The largest absolute Gasteiger partial charge is 0.493 e. The topological polar surface area (TPSA) is 77.3 Å². The van der Waals surface area contributed by atoms with Crippen LogP contribution in [0.3, 0.4) is 0 Å². The standard InChI is InChI=1S/C13H18INO5/c1-3-11(16)9-7-12(18-2)13(8-10(9)15-17)19-5-4-6-20-14/h7-8,11,16H,3-6H2,1-2H3. The summed E-state index contributed by atoms with van der Waals surface area (Å²) in [5.41, 5.74) is 0.614. The third-order valence-corrected chi connectivity index (χ3v) is 3.22. The molecule has 0 radical (unpaired) electrons. The van der Waals surface area contributed by atoms with E-state index in [0.717, 1.165) is 6.42 Å². The Morgan fingerprint density at radius 1 is 1.35 bits per heavy atom. The average Bonchev–Trinajstić information content (AvgIpc) is 2.49. The fourth-order valence-corrected chi connectivity index (χ4v) is 2.01. The van der Waals surface area contributed by atoms with Gasteiger partial charge in [0.15, 0.2) is 11.5 Å². The molecule has 0 amide bonds. The molecule has 0 fully saturated rings. The van der Waals surface area contributed by atoms with E-state index in [4.69, 9.17) is 12.5 Å². The molecule has 7 heteroatoms. The van der Waals surface area contributed by atoms with E-state index in [1.807, 2.05) is 29.9 Å². The molecule has 0 saturated heterocycles. The molecule has 1 rings (SSSR count). The molecule has 0 aromatic heterocycles. The zero-order chi connectivity index (χ0) is 15.0. The van der Waals surface area contributed by atoms with E-state index < -0.39 is 6.10 Å². The highest BCUT2D eigenvalue weighted by atomic mass is 127. The number of ether oxygens (including phenoxy) is 2. The van der Waals surface area contributed by atoms with Crippen molar-refractivity contribution < 1.29 is 17.6 Å². The maximum Gasteiger partial charge on any atom is 0.163 e. The molecule has 1 unspecified atom stereocenters. The van der Waals surface area contributed by atoms with Crippen LogP contribution in [0.4, 0.5) is 5.69 Å². The van der Waals surface area contributed by atoms with Gasteiger partial charge in [0.2, 0.25) is 0 Å². The van der Waals surface area contributed by atoms with Crippen LogP contribution in [0.2, 0.25) is 0 Å². The van der Waals surface area contributed by atoms with Gasteiger partial charge < -0.3 is 17.6 Å². The minimum atomic E-state index is -0.752. The van der Waals surface area contributed by atoms with Gasteiger partial charge in [0.05, 0.1) is 26.4 Å². The summed E-state index contributed by atoms with van der Waals surface area (Å²) < 4.78 is 15.7. The van der Waals surface area contributed by atoms with Crippen molar-refractivity contribution in [1.82, 2.24) is 0 Å². The second-order valence-electron chi connectivity index (χ2n) is 4.09. The number of nitroso groups, excluding NO2 is 1. The van der Waals surface area contributed by atoms with E-state index in [2.05, 4.69) is 5.18 Å². The molecule has 0 aliphatic heterocycles. The van der Waals surface area contributed by atoms with E-state index in [1.165, 1.54) is 13.2 Å². The molecule has 6 nitrogen and oxygen atoms in total. The highest BCUT2D eigenvalue weighted by Gasteiger charge is 2.17. The highest BCUT2D eigenvalue weighted by molar-refractivity contribution is 14.1. The van der Waals surface area contributed by atoms with Crippen LogP contribution in [0.5, 0.6) is 11.5 Å². The lowest BCUT2D eigenvalue weighted by Gasteiger charge is -2.15. The lowest BCUT2D eigenvalue weighted by atomic mass is 10.0. The Morgan fingerprint density at radius 2 is 2.10 bits per heavy atom. The zero-order valence-electron chi connectivity index (χ0n) is 11.5. The van der Waals surface area contributed by atoms with Crippen LogP contribution < -0.4 is 9.47 Å². The van der Waals surface area contributed by atoms with Crippen molar-refractivity contribution in [2.45, 2.75) is 25.9 Å². The SMILES string of the molecule is CCC(O)c1cc(OC)c(OCCCOI)cc1N=O. The van der Waals surface area contributed by atoms with Gasteiger partial charge >= 0.3 is 0 Å². The van der Waals surface area contributed by atoms with Crippen LogP contribution in [-0.4, -0.2) is 25.4 Å². The van der Waals surface area contributed by atoms with Gasteiger partial charge in [-0.25, -0.2) is 0 Å². The summed E-state index contributed by atoms with van der Waals surface area (Å²) in [6, 6.07) is 3.08. The fraction of sp³-hybridized carbons (Fsp3) is 0.538. The number of methoxy groups -OCH3 is 1. The predicted molar refractivity (Wildman–Crippen MR) is 83.8 cm³/mol. The highest BCUT2D eigenvalue weighted by Crippen LogP contribution is 2.38. The van der Waals surface area contributed by atoms with E-state index in [0.29, 0.717) is 36.7 Å². The Morgan fingerprint density at radius 3 is 2.65 bits per heavy atom. The number of nitrogens with zero attached hydrogens (tertiary/aromatic N) is 1. The minimum Gasteiger partial charge on any atom is -0.493 e. The van der Waals surface area contributed by atoms with Gasteiger partial charge in [-0.15, -0.1) is 4.91 Å². The van der Waals surface area contributed by atoms with Crippen molar-refractivity contribution in [3.8, 4) is 11.5 Å². The van der Waals surface area contributed by atoms with E-state index in [9.17, 15) is 10.0 Å². The molecule has 0 heterocycles. The van der Waals surface area contributed by atoms with Gasteiger partial charge in [-0.2, -0.15) is 0 Å².